The molecule has 3 unspecified atom stereocenters. The molecule has 9 heteroatoms. The summed E-state index contributed by atoms with van der Waals surface area (Å²) in [4.78, 5) is 41.4. The van der Waals surface area contributed by atoms with Gasteiger partial charge in [-0.1, -0.05) is 36.2 Å². The van der Waals surface area contributed by atoms with Crippen molar-refractivity contribution < 1.29 is 24.2 Å². The quantitative estimate of drug-likeness (QED) is 0.480. The number of nitrogens with zero attached hydrogens (tertiary/aromatic N) is 1. The molecule has 0 aromatic rings. The fourth-order valence-corrected chi connectivity index (χ4v) is 6.39. The van der Waals surface area contributed by atoms with E-state index in [0.29, 0.717) is 6.42 Å². The van der Waals surface area contributed by atoms with Crippen LogP contribution in [0.5, 0.6) is 0 Å². The van der Waals surface area contributed by atoms with Crippen LogP contribution in [0, 0.1) is 17.8 Å². The highest BCUT2D eigenvalue weighted by Gasteiger charge is 2.77. The third-order valence-corrected chi connectivity index (χ3v) is 7.71. The summed E-state index contributed by atoms with van der Waals surface area (Å²) in [5, 5.41) is 15.8. The molecule has 3 amide bonds. The highest BCUT2D eigenvalue weighted by molar-refractivity contribution is 9.09. The van der Waals surface area contributed by atoms with Crippen molar-refractivity contribution in [1.82, 2.24) is 15.5 Å². The number of fused-ring (bicyclic) bond motifs is 1. The number of carbonyl (C=O) groups excluding carboxylic acids is 3. The van der Waals surface area contributed by atoms with Gasteiger partial charge in [0.1, 0.15) is 11.6 Å². The maximum atomic E-state index is 13.8. The third kappa shape index (κ3) is 3.46. The maximum Gasteiger partial charge on any atom is 0.246 e. The predicted octanol–water partition coefficient (Wildman–Crippen LogP) is 0.802. The van der Waals surface area contributed by atoms with Gasteiger partial charge in [-0.15, -0.1) is 0 Å². The lowest BCUT2D eigenvalue weighted by Crippen LogP contribution is -2.61. The molecule has 3 heterocycles. The zero-order valence-electron chi connectivity index (χ0n) is 18.6. The van der Waals surface area contributed by atoms with Crippen molar-refractivity contribution in [2.24, 2.45) is 17.8 Å². The number of nitrogens with one attached hydrogen (secondary N) is 2. The summed E-state index contributed by atoms with van der Waals surface area (Å²) in [6, 6.07) is -1.43. The Morgan fingerprint density at radius 3 is 2.50 bits per heavy atom. The van der Waals surface area contributed by atoms with E-state index in [1.807, 2.05) is 34.6 Å². The van der Waals surface area contributed by atoms with Crippen molar-refractivity contribution in [2.75, 3.05) is 13.7 Å². The van der Waals surface area contributed by atoms with Crippen LogP contribution in [0.15, 0.2) is 0 Å². The van der Waals surface area contributed by atoms with E-state index in [1.54, 1.807) is 7.05 Å². The molecule has 3 N–H and O–H groups in total. The first-order valence-electron chi connectivity index (χ1n) is 10.7. The highest BCUT2D eigenvalue weighted by atomic mass is 79.9. The first-order chi connectivity index (χ1) is 13.9. The average molecular weight is 488 g/mol. The zero-order valence-corrected chi connectivity index (χ0v) is 20.2. The van der Waals surface area contributed by atoms with Crippen LogP contribution in [-0.4, -0.2) is 75.5 Å². The summed E-state index contributed by atoms with van der Waals surface area (Å²) in [6.07, 6.45) is 0.727. The number of alkyl halides is 1. The molecule has 0 aromatic carbocycles. The van der Waals surface area contributed by atoms with Crippen LogP contribution in [0.1, 0.15) is 47.5 Å². The highest BCUT2D eigenvalue weighted by Crippen LogP contribution is 2.60. The molecule has 30 heavy (non-hydrogen) atoms. The van der Waals surface area contributed by atoms with Gasteiger partial charge in [0.15, 0.2) is 0 Å². The Balaban J connectivity index is 2.13. The minimum atomic E-state index is -1.09. The topological polar surface area (TPSA) is 108 Å². The molecule has 8 nitrogen and oxygen atoms in total. The smallest absolute Gasteiger partial charge is 0.246 e. The van der Waals surface area contributed by atoms with Gasteiger partial charge in [-0.05, 0) is 33.1 Å². The predicted molar refractivity (Wildman–Crippen MR) is 115 cm³/mol. The fraction of sp³-hybridized carbons (Fsp3) is 0.857. The third-order valence-electron chi connectivity index (χ3n) is 6.87. The van der Waals surface area contributed by atoms with Gasteiger partial charge in [0, 0.05) is 17.4 Å². The van der Waals surface area contributed by atoms with Crippen LogP contribution in [0.25, 0.3) is 0 Å². The zero-order chi connectivity index (χ0) is 22.6. The van der Waals surface area contributed by atoms with E-state index in [0.717, 1.165) is 6.42 Å². The Bertz CT molecular complexity index is 726. The molecule has 3 aliphatic heterocycles. The minimum absolute atomic E-state index is 0.0190. The molecule has 1 spiro atoms. The van der Waals surface area contributed by atoms with E-state index in [9.17, 15) is 19.5 Å². The summed E-state index contributed by atoms with van der Waals surface area (Å²) >= 11 is 3.62. The van der Waals surface area contributed by atoms with Crippen LogP contribution >= 0.6 is 15.9 Å². The number of aliphatic hydroxyl groups is 1. The van der Waals surface area contributed by atoms with E-state index in [4.69, 9.17) is 4.74 Å². The van der Waals surface area contributed by atoms with Gasteiger partial charge >= 0.3 is 0 Å². The molecule has 3 fully saturated rings. The van der Waals surface area contributed by atoms with E-state index < -0.39 is 41.2 Å². The van der Waals surface area contributed by atoms with Crippen molar-refractivity contribution in [3.05, 3.63) is 0 Å². The van der Waals surface area contributed by atoms with Gasteiger partial charge in [0.2, 0.25) is 17.7 Å². The van der Waals surface area contributed by atoms with Crippen molar-refractivity contribution in [3.63, 3.8) is 0 Å². The van der Waals surface area contributed by atoms with Gasteiger partial charge in [-0.2, -0.15) is 0 Å². The number of carbonyl (C=O) groups is 3. The first-order valence-corrected chi connectivity index (χ1v) is 11.6. The standard InChI is InChI=1S/C21H34BrN3O5/c1-7-10(2)12(9-26)25-16(18(28)24-20(3,4)5)21-8-11(22)15(30-21)13(17(27)23-6)14(21)19(25)29/h10-16,26H,7-9H2,1-6H3,(H,23,27)(H,24,28)/t10-,11?,12-,13-,14-,15-,16?,21?/m0/s1. The van der Waals surface area contributed by atoms with Crippen LogP contribution in [0.2, 0.25) is 0 Å². The number of hydrogen-bond donors (Lipinski definition) is 3. The maximum absolute atomic E-state index is 13.8. The van der Waals surface area contributed by atoms with Crippen molar-refractivity contribution in [1.29, 1.82) is 0 Å². The SMILES string of the molecule is CC[C@H](C)[C@H](CO)N1C(=O)[C@@H]2[C@H](C(=O)NC)[C@H]3OC2(CC3Br)C1C(=O)NC(C)(C)C. The first kappa shape index (κ1) is 23.5. The summed E-state index contributed by atoms with van der Waals surface area (Å²) < 4.78 is 6.38. The number of halogens is 1. The molecule has 0 aromatic heterocycles. The largest absolute Gasteiger partial charge is 0.394 e. The minimum Gasteiger partial charge on any atom is -0.394 e. The Labute approximate surface area is 186 Å². The molecule has 0 radical (unpaired) electrons. The van der Waals surface area contributed by atoms with E-state index in [-0.39, 0.29) is 35.1 Å². The van der Waals surface area contributed by atoms with Crippen LogP contribution < -0.4 is 10.6 Å². The normalized spacial score (nSPS) is 37.1. The summed E-state index contributed by atoms with van der Waals surface area (Å²) in [7, 11) is 1.54. The van der Waals surface area contributed by atoms with Crippen molar-refractivity contribution in [2.45, 2.75) is 81.6 Å². The lowest BCUT2D eigenvalue weighted by Gasteiger charge is -2.40. The lowest BCUT2D eigenvalue weighted by atomic mass is 9.70. The van der Waals surface area contributed by atoms with Gasteiger partial charge < -0.3 is 25.4 Å². The van der Waals surface area contributed by atoms with E-state index in [2.05, 4.69) is 26.6 Å². The molecule has 3 saturated heterocycles. The summed E-state index contributed by atoms with van der Waals surface area (Å²) in [5.41, 5.74) is -1.60. The van der Waals surface area contributed by atoms with Crippen LogP contribution in [-0.2, 0) is 19.1 Å². The monoisotopic (exact) mass is 487 g/mol. The molecule has 3 aliphatic rings. The van der Waals surface area contributed by atoms with Gasteiger partial charge in [0.25, 0.3) is 0 Å². The van der Waals surface area contributed by atoms with Crippen LogP contribution in [0.4, 0.5) is 0 Å². The molecule has 3 rings (SSSR count). The molecular weight excluding hydrogens is 454 g/mol. The molecule has 2 bridgehead atoms. The number of hydrogen-bond acceptors (Lipinski definition) is 5. The molecular formula is C21H34BrN3O5. The number of ether oxygens (including phenoxy) is 1. The average Bonchev–Trinajstić information content (AvgIpc) is 3.24. The lowest BCUT2D eigenvalue weighted by molar-refractivity contribution is -0.147. The number of rotatable bonds is 6. The van der Waals surface area contributed by atoms with Crippen molar-refractivity contribution in [3.8, 4) is 0 Å². The van der Waals surface area contributed by atoms with E-state index in [1.165, 1.54) is 4.90 Å². The Hall–Kier alpha value is -1.19. The van der Waals surface area contributed by atoms with Crippen LogP contribution in [0.3, 0.4) is 0 Å². The van der Waals surface area contributed by atoms with Crippen molar-refractivity contribution >= 4 is 33.7 Å². The van der Waals surface area contributed by atoms with Gasteiger partial charge in [0.05, 0.1) is 30.6 Å². The van der Waals surface area contributed by atoms with Gasteiger partial charge in [-0.3, -0.25) is 14.4 Å². The molecule has 0 aliphatic carbocycles. The van der Waals surface area contributed by atoms with E-state index >= 15 is 0 Å². The second kappa shape index (κ2) is 8.06. The second-order valence-corrected chi connectivity index (χ2v) is 11.1. The molecule has 0 saturated carbocycles. The summed E-state index contributed by atoms with van der Waals surface area (Å²) in [6.45, 7) is 9.34. The Morgan fingerprint density at radius 1 is 1.37 bits per heavy atom. The summed E-state index contributed by atoms with van der Waals surface area (Å²) in [5.74, 6) is -2.28. The fourth-order valence-electron chi connectivity index (χ4n) is 5.44. The molecule has 8 atom stereocenters. The molecule has 170 valence electrons. The number of likely N-dealkylation sites (tertiary alicyclic amines) is 1. The number of amides is 3. The Kier molecular flexibility index (Phi) is 6.30. The van der Waals surface area contributed by atoms with Gasteiger partial charge in [-0.25, -0.2) is 0 Å². The number of aliphatic hydroxyl groups excluding tert-OH is 1. The Morgan fingerprint density at radius 2 is 2.00 bits per heavy atom. The second-order valence-electron chi connectivity index (χ2n) is 9.90.